The summed E-state index contributed by atoms with van der Waals surface area (Å²) in [5, 5.41) is 3.59. The predicted molar refractivity (Wildman–Crippen MR) is 72.9 cm³/mol. The van der Waals surface area contributed by atoms with Crippen LogP contribution in [0.1, 0.15) is 66.2 Å². The maximum absolute atomic E-state index is 3.59. The molecule has 15 heavy (non-hydrogen) atoms. The Hall–Kier alpha value is 0.250. The molecule has 0 fully saturated rings. The fourth-order valence-corrected chi connectivity index (χ4v) is 1.66. The number of halogens is 1. The molecule has 1 N–H and O–H groups in total. The van der Waals surface area contributed by atoms with Crippen LogP contribution in [0.5, 0.6) is 0 Å². The Labute approximate surface area is 103 Å². The first-order chi connectivity index (χ1) is 6.66. The largest absolute Gasteiger partial charge is 0.314 e. The lowest BCUT2D eigenvalue weighted by molar-refractivity contribution is 0.452. The van der Waals surface area contributed by atoms with Gasteiger partial charge in [-0.2, -0.15) is 0 Å². The van der Waals surface area contributed by atoms with Crippen LogP contribution in [0.4, 0.5) is 0 Å². The highest BCUT2D eigenvalue weighted by Gasteiger charge is 2.01. The third kappa shape index (κ3) is 14.2. The molecule has 0 aromatic heterocycles. The van der Waals surface area contributed by atoms with E-state index in [4.69, 9.17) is 0 Å². The lowest BCUT2D eigenvalue weighted by Gasteiger charge is -2.14. The van der Waals surface area contributed by atoms with E-state index in [1.165, 1.54) is 45.1 Å². The van der Waals surface area contributed by atoms with Gasteiger partial charge < -0.3 is 5.32 Å². The molecule has 1 unspecified atom stereocenters. The topological polar surface area (TPSA) is 12.0 Å². The normalized spacial score (nSPS) is 12.6. The second kappa shape index (κ2) is 12.3. The summed E-state index contributed by atoms with van der Waals surface area (Å²) in [4.78, 5) is 0. The third-order valence-electron chi connectivity index (χ3n) is 2.69. The van der Waals surface area contributed by atoms with Gasteiger partial charge in [0.25, 0.3) is 0 Å². The van der Waals surface area contributed by atoms with Crippen molar-refractivity contribution in [2.75, 3.05) is 6.54 Å². The molecule has 0 aliphatic rings. The van der Waals surface area contributed by atoms with E-state index < -0.39 is 0 Å². The quantitative estimate of drug-likeness (QED) is 0.584. The fraction of sp³-hybridized carbons (Fsp3) is 1.00. The molecule has 0 aliphatic carbocycles. The van der Waals surface area contributed by atoms with Gasteiger partial charge in [0.1, 0.15) is 0 Å². The second-order valence-electron chi connectivity index (χ2n) is 4.89. The molecule has 0 saturated heterocycles. The maximum Gasteiger partial charge on any atom is 0.00387 e. The Kier molecular flexibility index (Phi) is 14.5. The van der Waals surface area contributed by atoms with Gasteiger partial charge in [-0.15, -0.1) is 12.4 Å². The van der Waals surface area contributed by atoms with Gasteiger partial charge >= 0.3 is 0 Å². The number of hydrogen-bond acceptors (Lipinski definition) is 1. The van der Waals surface area contributed by atoms with Crippen molar-refractivity contribution in [3.63, 3.8) is 0 Å². The lowest BCUT2D eigenvalue weighted by Crippen LogP contribution is -2.26. The third-order valence-corrected chi connectivity index (χ3v) is 2.69. The number of rotatable bonds is 9. The van der Waals surface area contributed by atoms with Gasteiger partial charge in [-0.3, -0.25) is 0 Å². The standard InChI is InChI=1S/C13H29N.ClH/c1-5-6-7-11-14-13(4)10-8-9-12(2)3;/h12-14H,5-11H2,1-4H3;1H. The minimum absolute atomic E-state index is 0. The van der Waals surface area contributed by atoms with Crippen molar-refractivity contribution in [2.24, 2.45) is 5.92 Å². The summed E-state index contributed by atoms with van der Waals surface area (Å²) in [6, 6.07) is 0.714. The van der Waals surface area contributed by atoms with Crippen molar-refractivity contribution < 1.29 is 0 Å². The van der Waals surface area contributed by atoms with Crippen molar-refractivity contribution >= 4 is 12.4 Å². The molecular weight excluding hydrogens is 206 g/mol. The Balaban J connectivity index is 0. The average Bonchev–Trinajstić information content (AvgIpc) is 2.12. The molecule has 1 nitrogen and oxygen atoms in total. The van der Waals surface area contributed by atoms with E-state index in [0.717, 1.165) is 5.92 Å². The summed E-state index contributed by atoms with van der Waals surface area (Å²) in [5.74, 6) is 0.863. The summed E-state index contributed by atoms with van der Waals surface area (Å²) >= 11 is 0. The molecule has 0 rings (SSSR count). The van der Waals surface area contributed by atoms with Crippen molar-refractivity contribution in [3.8, 4) is 0 Å². The van der Waals surface area contributed by atoms with E-state index in [1.54, 1.807) is 0 Å². The summed E-state index contributed by atoms with van der Waals surface area (Å²) < 4.78 is 0. The monoisotopic (exact) mass is 235 g/mol. The second-order valence-corrected chi connectivity index (χ2v) is 4.89. The van der Waals surface area contributed by atoms with Gasteiger partial charge in [-0.25, -0.2) is 0 Å². The molecule has 94 valence electrons. The zero-order valence-corrected chi connectivity index (χ0v) is 11.8. The van der Waals surface area contributed by atoms with Crippen molar-refractivity contribution in [2.45, 2.75) is 72.3 Å². The van der Waals surface area contributed by atoms with Crippen molar-refractivity contribution in [1.29, 1.82) is 0 Å². The van der Waals surface area contributed by atoms with Gasteiger partial charge in [0, 0.05) is 6.04 Å². The van der Waals surface area contributed by atoms with Gasteiger partial charge in [0.05, 0.1) is 0 Å². The summed E-state index contributed by atoms with van der Waals surface area (Å²) in [6.07, 6.45) is 8.12. The Morgan fingerprint density at radius 1 is 0.933 bits per heavy atom. The van der Waals surface area contributed by atoms with Crippen LogP contribution >= 0.6 is 12.4 Å². The first kappa shape index (κ1) is 17.6. The van der Waals surface area contributed by atoms with E-state index in [0.29, 0.717) is 6.04 Å². The molecule has 0 aliphatic heterocycles. The Morgan fingerprint density at radius 2 is 1.60 bits per heavy atom. The van der Waals surface area contributed by atoms with Crippen LogP contribution in [-0.4, -0.2) is 12.6 Å². The van der Waals surface area contributed by atoms with E-state index in [1.807, 2.05) is 0 Å². The predicted octanol–water partition coefficient (Wildman–Crippen LogP) is 4.40. The van der Waals surface area contributed by atoms with Gasteiger partial charge in [0.2, 0.25) is 0 Å². The lowest BCUT2D eigenvalue weighted by atomic mass is 10.0. The van der Waals surface area contributed by atoms with Gasteiger partial charge in [0.15, 0.2) is 0 Å². The molecule has 2 heteroatoms. The first-order valence-electron chi connectivity index (χ1n) is 6.40. The van der Waals surface area contributed by atoms with Crippen molar-refractivity contribution in [3.05, 3.63) is 0 Å². The van der Waals surface area contributed by atoms with Crippen LogP contribution < -0.4 is 5.32 Å². The Morgan fingerprint density at radius 3 is 2.13 bits per heavy atom. The minimum Gasteiger partial charge on any atom is -0.314 e. The van der Waals surface area contributed by atoms with Crippen molar-refractivity contribution in [1.82, 2.24) is 5.32 Å². The molecule has 0 spiro atoms. The summed E-state index contributed by atoms with van der Waals surface area (Å²) in [6.45, 7) is 10.4. The van der Waals surface area contributed by atoms with Crippen LogP contribution in [0.2, 0.25) is 0 Å². The van der Waals surface area contributed by atoms with E-state index in [2.05, 4.69) is 33.0 Å². The highest BCUT2D eigenvalue weighted by atomic mass is 35.5. The van der Waals surface area contributed by atoms with Crippen LogP contribution in [0.15, 0.2) is 0 Å². The zero-order chi connectivity index (χ0) is 10.8. The van der Waals surface area contributed by atoms with Crippen LogP contribution in [0.25, 0.3) is 0 Å². The zero-order valence-electron chi connectivity index (χ0n) is 11.0. The molecule has 0 aromatic rings. The van der Waals surface area contributed by atoms with Crippen LogP contribution in [-0.2, 0) is 0 Å². The number of hydrogen-bond donors (Lipinski definition) is 1. The van der Waals surface area contributed by atoms with Crippen LogP contribution in [0.3, 0.4) is 0 Å². The smallest absolute Gasteiger partial charge is 0.00387 e. The molecule has 0 amide bonds. The molecule has 0 radical (unpaired) electrons. The highest BCUT2D eigenvalue weighted by molar-refractivity contribution is 5.85. The van der Waals surface area contributed by atoms with E-state index >= 15 is 0 Å². The fourth-order valence-electron chi connectivity index (χ4n) is 1.66. The van der Waals surface area contributed by atoms with Gasteiger partial charge in [-0.05, 0) is 32.2 Å². The number of unbranched alkanes of at least 4 members (excludes halogenated alkanes) is 2. The molecule has 0 aromatic carbocycles. The average molecular weight is 236 g/mol. The molecule has 0 saturated carbocycles. The number of nitrogens with one attached hydrogen (secondary N) is 1. The molecule has 0 bridgehead atoms. The molecule has 0 heterocycles. The summed E-state index contributed by atoms with van der Waals surface area (Å²) in [7, 11) is 0. The minimum atomic E-state index is 0. The van der Waals surface area contributed by atoms with E-state index in [-0.39, 0.29) is 12.4 Å². The molecule has 1 atom stereocenters. The van der Waals surface area contributed by atoms with E-state index in [9.17, 15) is 0 Å². The first-order valence-corrected chi connectivity index (χ1v) is 6.40. The Bertz CT molecular complexity index is 115. The SMILES string of the molecule is CCCCCNC(C)CCCC(C)C.Cl. The molecular formula is C13H30ClN. The highest BCUT2D eigenvalue weighted by Crippen LogP contribution is 2.08. The van der Waals surface area contributed by atoms with Gasteiger partial charge in [-0.1, -0.05) is 46.5 Å². The maximum atomic E-state index is 3.59. The summed E-state index contributed by atoms with van der Waals surface area (Å²) in [5.41, 5.74) is 0. The van der Waals surface area contributed by atoms with Crippen LogP contribution in [0, 0.1) is 5.92 Å².